The van der Waals surface area contributed by atoms with Crippen LogP contribution >= 0.6 is 27.3 Å². The van der Waals surface area contributed by atoms with Crippen molar-refractivity contribution in [1.29, 1.82) is 0 Å². The number of hydrogen-bond donors (Lipinski definition) is 2. The lowest BCUT2D eigenvalue weighted by molar-refractivity contribution is -0.132. The van der Waals surface area contributed by atoms with Crippen molar-refractivity contribution in [2.24, 2.45) is 4.99 Å². The van der Waals surface area contributed by atoms with E-state index >= 15 is 0 Å². The summed E-state index contributed by atoms with van der Waals surface area (Å²) < 4.78 is 37.2. The third kappa shape index (κ3) is 7.74. The van der Waals surface area contributed by atoms with Crippen LogP contribution in [0.1, 0.15) is 18.2 Å². The third-order valence-corrected chi connectivity index (χ3v) is 3.99. The molecule has 0 fully saturated rings. The summed E-state index contributed by atoms with van der Waals surface area (Å²) >= 11 is 5.03. The Bertz CT molecular complexity index is 432. The van der Waals surface area contributed by atoms with Crippen molar-refractivity contribution in [2.75, 3.05) is 19.6 Å². The van der Waals surface area contributed by atoms with E-state index in [2.05, 4.69) is 31.6 Å². The van der Waals surface area contributed by atoms with Crippen molar-refractivity contribution < 1.29 is 13.2 Å². The van der Waals surface area contributed by atoms with E-state index in [9.17, 15) is 13.2 Å². The maximum Gasteiger partial charge on any atom is 0.390 e. The first-order chi connectivity index (χ1) is 9.40. The van der Waals surface area contributed by atoms with Crippen molar-refractivity contribution in [2.45, 2.75) is 25.9 Å². The first-order valence-corrected chi connectivity index (χ1v) is 7.85. The van der Waals surface area contributed by atoms with Gasteiger partial charge >= 0.3 is 6.18 Å². The highest BCUT2D eigenvalue weighted by molar-refractivity contribution is 9.11. The van der Waals surface area contributed by atoms with Crippen molar-refractivity contribution in [3.8, 4) is 0 Å². The first-order valence-electron chi connectivity index (χ1n) is 6.24. The van der Waals surface area contributed by atoms with Crippen LogP contribution in [0, 0.1) is 0 Å². The van der Waals surface area contributed by atoms with Crippen LogP contribution in [-0.2, 0) is 6.42 Å². The van der Waals surface area contributed by atoms with Crippen LogP contribution in [0.2, 0.25) is 0 Å². The second-order valence-corrected chi connectivity index (χ2v) is 6.56. The van der Waals surface area contributed by atoms with E-state index in [4.69, 9.17) is 0 Å². The Balaban J connectivity index is 2.36. The van der Waals surface area contributed by atoms with Crippen LogP contribution in [-0.4, -0.2) is 31.8 Å². The normalized spacial score (nSPS) is 12.6. The molecule has 2 N–H and O–H groups in total. The number of thiophene rings is 1. The number of hydrogen-bond acceptors (Lipinski definition) is 2. The molecule has 0 aliphatic rings. The van der Waals surface area contributed by atoms with Crippen molar-refractivity contribution in [1.82, 2.24) is 10.6 Å². The largest absolute Gasteiger partial charge is 0.390 e. The number of nitrogens with zero attached hydrogens (tertiary/aromatic N) is 1. The minimum Gasteiger partial charge on any atom is -0.357 e. The predicted molar refractivity (Wildman–Crippen MR) is 80.4 cm³/mol. The molecule has 0 amide bonds. The first kappa shape index (κ1) is 17.3. The summed E-state index contributed by atoms with van der Waals surface area (Å²) in [6, 6.07) is 3.99. The Morgan fingerprint density at radius 3 is 2.65 bits per heavy atom. The fourth-order valence-electron chi connectivity index (χ4n) is 1.43. The van der Waals surface area contributed by atoms with Gasteiger partial charge in [0.05, 0.1) is 16.8 Å². The van der Waals surface area contributed by atoms with Crippen molar-refractivity contribution in [3.63, 3.8) is 0 Å². The Morgan fingerprint density at radius 2 is 2.10 bits per heavy atom. The monoisotopic (exact) mass is 371 g/mol. The van der Waals surface area contributed by atoms with Gasteiger partial charge in [-0.3, -0.25) is 4.99 Å². The molecule has 0 aliphatic heterocycles. The van der Waals surface area contributed by atoms with E-state index in [-0.39, 0.29) is 6.54 Å². The van der Waals surface area contributed by atoms with Crippen LogP contribution in [0.25, 0.3) is 0 Å². The molecule has 0 spiro atoms. The van der Waals surface area contributed by atoms with E-state index < -0.39 is 12.6 Å². The van der Waals surface area contributed by atoms with Crippen LogP contribution in [0.5, 0.6) is 0 Å². The predicted octanol–water partition coefficient (Wildman–Crippen LogP) is 3.56. The van der Waals surface area contributed by atoms with Crippen LogP contribution in [0.3, 0.4) is 0 Å². The zero-order chi connectivity index (χ0) is 15.0. The maximum atomic E-state index is 12.1. The molecule has 0 aromatic carbocycles. The van der Waals surface area contributed by atoms with Gasteiger partial charge < -0.3 is 10.6 Å². The van der Waals surface area contributed by atoms with Crippen LogP contribution in [0.15, 0.2) is 20.9 Å². The molecule has 0 radical (unpaired) electrons. The highest BCUT2D eigenvalue weighted by Crippen LogP contribution is 2.22. The molecule has 3 nitrogen and oxygen atoms in total. The molecule has 1 aromatic rings. The zero-order valence-electron chi connectivity index (χ0n) is 11.1. The molecule has 0 saturated heterocycles. The Hall–Kier alpha value is -0.760. The van der Waals surface area contributed by atoms with Crippen molar-refractivity contribution >= 4 is 33.2 Å². The standard InChI is InChI=1S/C12H17BrF3N3S/c1-2-17-11(19-8-6-12(14,15)16)18-7-5-9-3-4-10(13)20-9/h3-4H,2,5-8H2,1H3,(H2,17,18,19). The molecule has 8 heteroatoms. The number of rotatable bonds is 6. The molecule has 0 unspecified atom stereocenters. The Kier molecular flexibility index (Phi) is 7.36. The van der Waals surface area contributed by atoms with Gasteiger partial charge in [0, 0.05) is 18.0 Å². The molecule has 0 atom stereocenters. The Labute approximate surface area is 128 Å². The van der Waals surface area contributed by atoms with Gasteiger partial charge in [-0.05, 0) is 41.4 Å². The quantitative estimate of drug-likeness (QED) is 0.592. The number of aliphatic imine (C=N–C) groups is 1. The minimum absolute atomic E-state index is 0.261. The van der Waals surface area contributed by atoms with Gasteiger partial charge in [0.2, 0.25) is 0 Å². The highest BCUT2D eigenvalue weighted by Gasteiger charge is 2.26. The van der Waals surface area contributed by atoms with Crippen LogP contribution < -0.4 is 10.6 Å². The molecule has 1 heterocycles. The maximum absolute atomic E-state index is 12.1. The van der Waals surface area contributed by atoms with Crippen LogP contribution in [0.4, 0.5) is 13.2 Å². The molecular weight excluding hydrogens is 355 g/mol. The summed E-state index contributed by atoms with van der Waals surface area (Å²) in [5.41, 5.74) is 0. The second kappa shape index (κ2) is 8.51. The number of guanidine groups is 1. The topological polar surface area (TPSA) is 36.4 Å². The fraction of sp³-hybridized carbons (Fsp3) is 0.583. The van der Waals surface area contributed by atoms with Gasteiger partial charge in [0.1, 0.15) is 0 Å². The molecule has 0 saturated carbocycles. The fourth-order valence-corrected chi connectivity index (χ4v) is 2.91. The van der Waals surface area contributed by atoms with E-state index in [1.165, 1.54) is 4.88 Å². The molecule has 20 heavy (non-hydrogen) atoms. The van der Waals surface area contributed by atoms with Gasteiger partial charge in [0.25, 0.3) is 0 Å². The summed E-state index contributed by atoms with van der Waals surface area (Å²) in [6.45, 7) is 2.86. The summed E-state index contributed by atoms with van der Waals surface area (Å²) in [4.78, 5) is 5.11. The minimum atomic E-state index is -4.16. The lowest BCUT2D eigenvalue weighted by Crippen LogP contribution is -2.38. The molecule has 114 valence electrons. The van der Waals surface area contributed by atoms with E-state index in [0.717, 1.165) is 10.2 Å². The number of alkyl halides is 3. The zero-order valence-corrected chi connectivity index (χ0v) is 13.5. The van der Waals surface area contributed by atoms with E-state index in [1.54, 1.807) is 11.3 Å². The second-order valence-electron chi connectivity index (χ2n) is 4.01. The number of halogens is 4. The molecule has 0 bridgehead atoms. The SMILES string of the molecule is CCNC(=NCCC(F)(F)F)NCCc1ccc(Br)s1. The molecule has 0 aliphatic carbocycles. The van der Waals surface area contributed by atoms with Gasteiger partial charge in [0.15, 0.2) is 5.96 Å². The van der Waals surface area contributed by atoms with Gasteiger partial charge in [-0.25, -0.2) is 0 Å². The van der Waals surface area contributed by atoms with Gasteiger partial charge in [-0.15, -0.1) is 11.3 Å². The average molecular weight is 372 g/mol. The smallest absolute Gasteiger partial charge is 0.357 e. The molecule has 1 aromatic heterocycles. The van der Waals surface area contributed by atoms with E-state index in [1.807, 2.05) is 19.1 Å². The van der Waals surface area contributed by atoms with Crippen molar-refractivity contribution in [3.05, 3.63) is 20.8 Å². The summed E-state index contributed by atoms with van der Waals surface area (Å²) in [5.74, 6) is 0.423. The summed E-state index contributed by atoms with van der Waals surface area (Å²) in [6.07, 6.45) is -4.26. The van der Waals surface area contributed by atoms with Gasteiger partial charge in [-0.1, -0.05) is 0 Å². The lowest BCUT2D eigenvalue weighted by atomic mass is 10.3. The average Bonchev–Trinajstić information content (AvgIpc) is 2.73. The summed E-state index contributed by atoms with van der Waals surface area (Å²) in [5, 5.41) is 5.95. The lowest BCUT2D eigenvalue weighted by Gasteiger charge is -2.11. The molecular formula is C12H17BrF3N3S. The number of nitrogens with one attached hydrogen (secondary N) is 2. The van der Waals surface area contributed by atoms with Gasteiger partial charge in [-0.2, -0.15) is 13.2 Å². The third-order valence-electron chi connectivity index (χ3n) is 2.30. The molecule has 1 rings (SSSR count). The Morgan fingerprint density at radius 1 is 1.35 bits per heavy atom. The highest BCUT2D eigenvalue weighted by atomic mass is 79.9. The van der Waals surface area contributed by atoms with E-state index in [0.29, 0.717) is 19.0 Å². The summed E-state index contributed by atoms with van der Waals surface area (Å²) in [7, 11) is 0.